The molecule has 0 saturated carbocycles. The molecule has 0 bridgehead atoms. The summed E-state index contributed by atoms with van der Waals surface area (Å²) in [5.41, 5.74) is 0. The monoisotopic (exact) mass is 157 g/mol. The molecule has 1 unspecified atom stereocenters. The summed E-state index contributed by atoms with van der Waals surface area (Å²) < 4.78 is 0.676. The van der Waals surface area contributed by atoms with Crippen LogP contribution in [0.25, 0.3) is 0 Å². The maximum absolute atomic E-state index is 4.83. The van der Waals surface area contributed by atoms with Gasteiger partial charge >= 0.3 is 0 Å². The highest BCUT2D eigenvalue weighted by molar-refractivity contribution is 8.11. The second kappa shape index (κ2) is 3.03. The zero-order valence-electron chi connectivity index (χ0n) is 4.74. The van der Waals surface area contributed by atoms with Gasteiger partial charge in [0.05, 0.1) is 10.2 Å². The van der Waals surface area contributed by atoms with E-state index in [4.69, 9.17) is 12.2 Å². The van der Waals surface area contributed by atoms with Gasteiger partial charge in [0.1, 0.15) is 0 Å². The van der Waals surface area contributed by atoms with Crippen LogP contribution in [0.4, 0.5) is 0 Å². The van der Waals surface area contributed by atoms with Gasteiger partial charge in [0, 0.05) is 0 Å². The van der Waals surface area contributed by atoms with Gasteiger partial charge in [-0.05, 0) is 12.3 Å². The lowest BCUT2D eigenvalue weighted by Gasteiger charge is -2.12. The summed E-state index contributed by atoms with van der Waals surface area (Å²) in [6.45, 7) is 0. The van der Waals surface area contributed by atoms with Crippen molar-refractivity contribution in [1.82, 2.24) is 5.32 Å². The number of allylic oxidation sites excluding steroid dienone is 2. The molecule has 0 aromatic heterocycles. The molecule has 0 spiro atoms. The van der Waals surface area contributed by atoms with Crippen LogP contribution in [0.2, 0.25) is 0 Å². The van der Waals surface area contributed by atoms with E-state index in [1.54, 1.807) is 0 Å². The third-order valence-electron chi connectivity index (χ3n) is 1.05. The van der Waals surface area contributed by atoms with Crippen molar-refractivity contribution < 1.29 is 0 Å². The van der Waals surface area contributed by atoms with Gasteiger partial charge in [-0.1, -0.05) is 24.4 Å². The van der Waals surface area contributed by atoms with Crippen LogP contribution in [0.15, 0.2) is 24.4 Å². The van der Waals surface area contributed by atoms with Crippen LogP contribution in [-0.2, 0) is 0 Å². The van der Waals surface area contributed by atoms with Crippen molar-refractivity contribution in [3.8, 4) is 0 Å². The molecule has 9 heavy (non-hydrogen) atoms. The molecule has 1 heterocycles. The number of rotatable bonds is 1. The largest absolute Gasteiger partial charge is 0.379 e. The molecule has 0 saturated heterocycles. The van der Waals surface area contributed by atoms with Crippen molar-refractivity contribution in [2.45, 2.75) is 6.04 Å². The first-order chi connectivity index (χ1) is 4.30. The third-order valence-corrected chi connectivity index (χ3v) is 1.58. The van der Waals surface area contributed by atoms with E-state index in [9.17, 15) is 0 Å². The van der Waals surface area contributed by atoms with Crippen LogP contribution < -0.4 is 5.32 Å². The lowest BCUT2D eigenvalue weighted by molar-refractivity contribution is 0.883. The third kappa shape index (κ3) is 1.84. The van der Waals surface area contributed by atoms with Gasteiger partial charge in [-0.3, -0.25) is 0 Å². The van der Waals surface area contributed by atoms with Gasteiger partial charge in [0.2, 0.25) is 0 Å². The molecule has 1 nitrogen and oxygen atoms in total. The number of dihydropyridines is 1. The molecular formula is C6H7NS2. The lowest BCUT2D eigenvalue weighted by Crippen LogP contribution is -2.28. The number of thiol groups is 1. The fourth-order valence-corrected chi connectivity index (χ4v) is 0.906. The fourth-order valence-electron chi connectivity index (χ4n) is 0.599. The normalized spacial score (nSPS) is 23.4. The Balaban J connectivity index is 2.56. The van der Waals surface area contributed by atoms with Crippen LogP contribution in [0.5, 0.6) is 0 Å². The molecule has 0 aromatic rings. The summed E-state index contributed by atoms with van der Waals surface area (Å²) in [5, 5.41) is 3.03. The van der Waals surface area contributed by atoms with E-state index in [0.717, 1.165) is 0 Å². The van der Waals surface area contributed by atoms with Crippen LogP contribution in [0.1, 0.15) is 0 Å². The molecule has 0 amide bonds. The molecule has 0 aliphatic carbocycles. The van der Waals surface area contributed by atoms with E-state index < -0.39 is 0 Å². The van der Waals surface area contributed by atoms with Crippen LogP contribution >= 0.6 is 24.8 Å². The maximum Gasteiger partial charge on any atom is 0.0855 e. The molecule has 0 radical (unpaired) electrons. The SMILES string of the molecule is S=C(S)C1C=CC=CN1. The van der Waals surface area contributed by atoms with Crippen LogP contribution in [0, 0.1) is 0 Å². The van der Waals surface area contributed by atoms with Crippen molar-refractivity contribution >= 4 is 29.0 Å². The molecule has 1 aliphatic heterocycles. The van der Waals surface area contributed by atoms with E-state index in [-0.39, 0.29) is 6.04 Å². The molecule has 1 aliphatic rings. The van der Waals surface area contributed by atoms with Gasteiger partial charge in [-0.15, -0.1) is 12.6 Å². The van der Waals surface area contributed by atoms with Crippen LogP contribution in [-0.4, -0.2) is 10.2 Å². The van der Waals surface area contributed by atoms with E-state index in [0.29, 0.717) is 4.20 Å². The molecule has 48 valence electrons. The molecule has 3 heteroatoms. The second-order valence-electron chi connectivity index (χ2n) is 1.73. The van der Waals surface area contributed by atoms with Crippen molar-refractivity contribution in [1.29, 1.82) is 0 Å². The first-order valence-electron chi connectivity index (χ1n) is 2.63. The minimum absolute atomic E-state index is 0.133. The standard InChI is InChI=1S/C6H7NS2/c8-6(9)5-3-1-2-4-7-5/h1-5,7H,(H,8,9). The number of thiocarbonyl (C=S) groups is 1. The summed E-state index contributed by atoms with van der Waals surface area (Å²) in [7, 11) is 0. The predicted molar refractivity (Wildman–Crippen MR) is 46.8 cm³/mol. The van der Waals surface area contributed by atoms with E-state index >= 15 is 0 Å². The van der Waals surface area contributed by atoms with E-state index in [1.807, 2.05) is 24.4 Å². The number of hydrogen-bond acceptors (Lipinski definition) is 2. The van der Waals surface area contributed by atoms with Crippen LogP contribution in [0.3, 0.4) is 0 Å². The van der Waals surface area contributed by atoms with Crippen molar-refractivity contribution in [2.75, 3.05) is 0 Å². The Kier molecular flexibility index (Phi) is 2.30. The Morgan fingerprint density at radius 2 is 2.33 bits per heavy atom. The first-order valence-corrected chi connectivity index (χ1v) is 3.48. The zero-order chi connectivity index (χ0) is 6.69. The van der Waals surface area contributed by atoms with Crippen molar-refractivity contribution in [2.24, 2.45) is 0 Å². The van der Waals surface area contributed by atoms with E-state index in [2.05, 4.69) is 17.9 Å². The molecule has 1 rings (SSSR count). The van der Waals surface area contributed by atoms with Crippen molar-refractivity contribution in [3.63, 3.8) is 0 Å². The topological polar surface area (TPSA) is 12.0 Å². The predicted octanol–water partition coefficient (Wildman–Crippen LogP) is 1.29. The molecule has 1 atom stereocenters. The highest BCUT2D eigenvalue weighted by atomic mass is 32.1. The molecule has 0 aromatic carbocycles. The number of nitrogens with one attached hydrogen (secondary N) is 1. The average Bonchev–Trinajstić information content (AvgIpc) is 1.90. The maximum atomic E-state index is 4.83. The number of hydrogen-bond donors (Lipinski definition) is 2. The Hall–Kier alpha value is -0.280. The highest BCUT2D eigenvalue weighted by Crippen LogP contribution is 1.99. The quantitative estimate of drug-likeness (QED) is 0.439. The van der Waals surface area contributed by atoms with Gasteiger partial charge in [0.25, 0.3) is 0 Å². The Labute approximate surface area is 65.2 Å². The minimum atomic E-state index is 0.133. The van der Waals surface area contributed by atoms with Crippen molar-refractivity contribution in [3.05, 3.63) is 24.4 Å². The Morgan fingerprint density at radius 1 is 1.56 bits per heavy atom. The summed E-state index contributed by atoms with van der Waals surface area (Å²) in [6.07, 6.45) is 7.69. The summed E-state index contributed by atoms with van der Waals surface area (Å²) in [5.74, 6) is 0. The summed E-state index contributed by atoms with van der Waals surface area (Å²) in [4.78, 5) is 0. The molecule has 1 N–H and O–H groups in total. The Bertz CT molecular complexity index is 172. The summed E-state index contributed by atoms with van der Waals surface area (Å²) in [6, 6.07) is 0.133. The second-order valence-corrected chi connectivity index (χ2v) is 2.95. The first kappa shape index (κ1) is 6.83. The zero-order valence-corrected chi connectivity index (χ0v) is 6.45. The van der Waals surface area contributed by atoms with E-state index in [1.165, 1.54) is 0 Å². The van der Waals surface area contributed by atoms with Gasteiger partial charge < -0.3 is 5.32 Å². The van der Waals surface area contributed by atoms with Gasteiger partial charge in [-0.2, -0.15) is 0 Å². The molecule has 0 fully saturated rings. The fraction of sp³-hybridized carbons (Fsp3) is 0.167. The van der Waals surface area contributed by atoms with Gasteiger partial charge in [0.15, 0.2) is 0 Å². The highest BCUT2D eigenvalue weighted by Gasteiger charge is 2.04. The lowest BCUT2D eigenvalue weighted by atomic mass is 10.2. The molecular weight excluding hydrogens is 150 g/mol. The van der Waals surface area contributed by atoms with Gasteiger partial charge in [-0.25, -0.2) is 0 Å². The average molecular weight is 157 g/mol. The minimum Gasteiger partial charge on any atom is -0.379 e. The smallest absolute Gasteiger partial charge is 0.0855 e. The Morgan fingerprint density at radius 3 is 2.67 bits per heavy atom. The summed E-state index contributed by atoms with van der Waals surface area (Å²) >= 11 is 8.86.